The van der Waals surface area contributed by atoms with Crippen LogP contribution in [0.3, 0.4) is 0 Å². The predicted octanol–water partition coefficient (Wildman–Crippen LogP) is 12.1. The Bertz CT molecular complexity index is 1390. The fraction of sp³-hybridized carbons (Fsp3) is 0.400. The first-order valence-corrected chi connectivity index (χ1v) is 14.5. The second-order valence-electron chi connectivity index (χ2n) is 12.0. The van der Waals surface area contributed by atoms with Crippen molar-refractivity contribution in [3.8, 4) is 0 Å². The molecule has 3 aromatic rings. The van der Waals surface area contributed by atoms with E-state index in [4.69, 9.17) is 4.99 Å². The second-order valence-corrected chi connectivity index (χ2v) is 12.0. The Morgan fingerprint density at radius 1 is 0.628 bits per heavy atom. The lowest BCUT2D eigenvalue weighted by Gasteiger charge is -2.20. The van der Waals surface area contributed by atoms with Crippen LogP contribution in [0.4, 0.5) is 37.7 Å². The predicted molar refractivity (Wildman–Crippen MR) is 165 cm³/mol. The van der Waals surface area contributed by atoms with E-state index in [2.05, 4.69) is 5.32 Å². The van der Waals surface area contributed by atoms with Crippen LogP contribution in [0.1, 0.15) is 118 Å². The first kappa shape index (κ1) is 33.9. The maximum absolute atomic E-state index is 13.8. The SMILES string of the molecule is CC(C)c1cccc(C(C)C)c1N=C/C(=C\Nc1c(C(C)C)cccc1C(C)C)c1cc(C(F)(F)F)cc(C(F)(F)F)c1. The van der Waals surface area contributed by atoms with E-state index < -0.39 is 23.5 Å². The molecule has 0 radical (unpaired) electrons. The highest BCUT2D eigenvalue weighted by molar-refractivity contribution is 6.11. The van der Waals surface area contributed by atoms with Gasteiger partial charge in [0, 0.05) is 23.7 Å². The molecule has 2 nitrogen and oxygen atoms in total. The summed E-state index contributed by atoms with van der Waals surface area (Å²) in [5.41, 5.74) is 2.32. The average Bonchev–Trinajstić information content (AvgIpc) is 2.91. The smallest absolute Gasteiger partial charge is 0.361 e. The van der Waals surface area contributed by atoms with Crippen LogP contribution in [0.5, 0.6) is 0 Å². The molecule has 0 saturated carbocycles. The molecule has 0 unspecified atom stereocenters. The van der Waals surface area contributed by atoms with Crippen molar-refractivity contribution >= 4 is 23.2 Å². The summed E-state index contributed by atoms with van der Waals surface area (Å²) in [5, 5.41) is 3.25. The van der Waals surface area contributed by atoms with Gasteiger partial charge in [-0.1, -0.05) is 91.8 Å². The first-order valence-electron chi connectivity index (χ1n) is 14.5. The number of rotatable bonds is 9. The van der Waals surface area contributed by atoms with E-state index in [-0.39, 0.29) is 40.9 Å². The molecule has 0 aliphatic carbocycles. The van der Waals surface area contributed by atoms with E-state index in [1.807, 2.05) is 91.8 Å². The fourth-order valence-corrected chi connectivity index (χ4v) is 4.98. The maximum atomic E-state index is 13.8. The quantitative estimate of drug-likeness (QED) is 0.191. The van der Waals surface area contributed by atoms with Gasteiger partial charge in [-0.25, -0.2) is 0 Å². The van der Waals surface area contributed by atoms with E-state index in [0.29, 0.717) is 5.69 Å². The number of alkyl halides is 6. The van der Waals surface area contributed by atoms with E-state index in [1.54, 1.807) is 0 Å². The minimum atomic E-state index is -4.98. The van der Waals surface area contributed by atoms with Crippen molar-refractivity contribution in [1.82, 2.24) is 0 Å². The summed E-state index contributed by atoms with van der Waals surface area (Å²) in [5.74, 6) is 0.411. The number of nitrogens with zero attached hydrogens (tertiary/aromatic N) is 1. The van der Waals surface area contributed by atoms with Crippen molar-refractivity contribution < 1.29 is 26.3 Å². The Morgan fingerprint density at radius 3 is 1.40 bits per heavy atom. The zero-order chi connectivity index (χ0) is 32.3. The molecule has 0 aliphatic rings. The van der Waals surface area contributed by atoms with E-state index >= 15 is 0 Å². The summed E-state index contributed by atoms with van der Waals surface area (Å²) in [6.07, 6.45) is -7.13. The van der Waals surface area contributed by atoms with Crippen LogP contribution in [-0.2, 0) is 12.4 Å². The second kappa shape index (κ2) is 13.4. The van der Waals surface area contributed by atoms with Gasteiger partial charge in [0.1, 0.15) is 0 Å². The lowest BCUT2D eigenvalue weighted by Crippen LogP contribution is -2.12. The Balaban J connectivity index is 2.34. The normalized spacial score (nSPS) is 13.3. The molecule has 0 aromatic heterocycles. The lowest BCUT2D eigenvalue weighted by atomic mass is 9.92. The Kier molecular flexibility index (Phi) is 10.6. The molecule has 0 fully saturated rings. The van der Waals surface area contributed by atoms with Crippen LogP contribution in [0, 0.1) is 0 Å². The third-order valence-electron chi connectivity index (χ3n) is 7.34. The van der Waals surface area contributed by atoms with Gasteiger partial charge in [-0.3, -0.25) is 4.99 Å². The molecule has 0 amide bonds. The standard InChI is InChI=1S/C35H40F6N2/c1-20(2)28-11-9-12-29(21(3)4)32(28)42-18-25(19-43-33-30(22(5)6)13-10-14-31(33)23(7)8)24-15-26(34(36,37)38)17-27(16-24)35(39,40)41/h9-23,42H,1-8H3/b25-18+,43-19?. The van der Waals surface area contributed by atoms with Crippen molar-refractivity contribution in [2.75, 3.05) is 5.32 Å². The average molecular weight is 603 g/mol. The third-order valence-corrected chi connectivity index (χ3v) is 7.34. The van der Waals surface area contributed by atoms with Gasteiger partial charge in [-0.2, -0.15) is 26.3 Å². The highest BCUT2D eigenvalue weighted by Crippen LogP contribution is 2.39. The molecule has 0 bridgehead atoms. The minimum absolute atomic E-state index is 0.0816. The molecule has 3 rings (SSSR count). The molecule has 232 valence electrons. The number of anilines is 1. The molecule has 0 heterocycles. The number of hydrogen-bond donors (Lipinski definition) is 1. The van der Waals surface area contributed by atoms with E-state index in [0.717, 1.165) is 40.1 Å². The van der Waals surface area contributed by atoms with Crippen molar-refractivity contribution in [2.45, 2.75) is 91.4 Å². The summed E-state index contributed by atoms with van der Waals surface area (Å²) in [7, 11) is 0. The monoisotopic (exact) mass is 602 g/mol. The van der Waals surface area contributed by atoms with Gasteiger partial charge < -0.3 is 5.32 Å². The molecule has 0 spiro atoms. The number of para-hydroxylation sites is 2. The van der Waals surface area contributed by atoms with Crippen LogP contribution in [0.25, 0.3) is 5.57 Å². The van der Waals surface area contributed by atoms with Crippen LogP contribution >= 0.6 is 0 Å². The van der Waals surface area contributed by atoms with E-state index in [9.17, 15) is 26.3 Å². The number of allylic oxidation sites excluding steroid dienone is 1. The van der Waals surface area contributed by atoms with Crippen molar-refractivity contribution in [3.05, 3.63) is 99.7 Å². The Labute approximate surface area is 250 Å². The minimum Gasteiger partial charge on any atom is -0.361 e. The summed E-state index contributed by atoms with van der Waals surface area (Å²) in [4.78, 5) is 4.74. The van der Waals surface area contributed by atoms with Crippen LogP contribution in [0.2, 0.25) is 0 Å². The van der Waals surface area contributed by atoms with Crippen molar-refractivity contribution in [3.63, 3.8) is 0 Å². The molecule has 1 N–H and O–H groups in total. The van der Waals surface area contributed by atoms with Gasteiger partial charge in [0.15, 0.2) is 0 Å². The molecule has 43 heavy (non-hydrogen) atoms. The summed E-state index contributed by atoms with van der Waals surface area (Å²) in [6.45, 7) is 16.1. The summed E-state index contributed by atoms with van der Waals surface area (Å²) in [6, 6.07) is 13.3. The number of hydrogen-bond acceptors (Lipinski definition) is 2. The van der Waals surface area contributed by atoms with Gasteiger partial charge in [-0.15, -0.1) is 0 Å². The lowest BCUT2D eigenvalue weighted by molar-refractivity contribution is -0.143. The summed E-state index contributed by atoms with van der Waals surface area (Å²) >= 11 is 0. The molecule has 0 saturated heterocycles. The van der Waals surface area contributed by atoms with Gasteiger partial charge >= 0.3 is 12.4 Å². The van der Waals surface area contributed by atoms with Crippen molar-refractivity contribution in [1.29, 1.82) is 0 Å². The maximum Gasteiger partial charge on any atom is 0.416 e. The highest BCUT2D eigenvalue weighted by Gasteiger charge is 2.37. The van der Waals surface area contributed by atoms with Gasteiger partial charge in [-0.05, 0) is 69.7 Å². The Hall–Kier alpha value is -3.55. The topological polar surface area (TPSA) is 24.4 Å². The van der Waals surface area contributed by atoms with Crippen LogP contribution in [0.15, 0.2) is 65.8 Å². The summed E-state index contributed by atoms with van der Waals surface area (Å²) < 4.78 is 83.0. The van der Waals surface area contributed by atoms with E-state index in [1.165, 1.54) is 12.4 Å². The number of aliphatic imine (C=N–C) groups is 1. The Morgan fingerprint density at radius 2 is 1.02 bits per heavy atom. The van der Waals surface area contributed by atoms with Gasteiger partial charge in [0.05, 0.1) is 16.8 Å². The van der Waals surface area contributed by atoms with Crippen LogP contribution in [-0.4, -0.2) is 6.21 Å². The largest absolute Gasteiger partial charge is 0.416 e. The fourth-order valence-electron chi connectivity index (χ4n) is 4.98. The van der Waals surface area contributed by atoms with Crippen LogP contribution < -0.4 is 5.32 Å². The molecule has 0 aliphatic heterocycles. The first-order chi connectivity index (χ1) is 19.9. The van der Waals surface area contributed by atoms with Crippen molar-refractivity contribution in [2.24, 2.45) is 4.99 Å². The molecular formula is C35H40F6N2. The molecule has 3 aromatic carbocycles. The van der Waals surface area contributed by atoms with Gasteiger partial charge in [0.25, 0.3) is 0 Å². The number of nitrogens with one attached hydrogen (secondary N) is 1. The molecule has 0 atom stereocenters. The zero-order valence-corrected chi connectivity index (χ0v) is 25.9. The molecule has 8 heteroatoms. The van der Waals surface area contributed by atoms with Gasteiger partial charge in [0.2, 0.25) is 0 Å². The third kappa shape index (κ3) is 8.30. The number of benzene rings is 3. The zero-order valence-electron chi connectivity index (χ0n) is 25.9. The number of halogens is 6. The molecular weight excluding hydrogens is 562 g/mol. The highest BCUT2D eigenvalue weighted by atomic mass is 19.4.